The van der Waals surface area contributed by atoms with E-state index in [1.165, 1.54) is 0 Å². The van der Waals surface area contributed by atoms with Gasteiger partial charge in [-0.05, 0) is 31.0 Å². The molecule has 0 bridgehead atoms. The van der Waals surface area contributed by atoms with E-state index in [2.05, 4.69) is 26.6 Å². The van der Waals surface area contributed by atoms with Gasteiger partial charge in [-0.2, -0.15) is 0 Å². The van der Waals surface area contributed by atoms with Gasteiger partial charge in [-0.1, -0.05) is 15.9 Å². The van der Waals surface area contributed by atoms with Gasteiger partial charge in [0.15, 0.2) is 0 Å². The molecule has 1 aromatic heterocycles. The van der Waals surface area contributed by atoms with Crippen LogP contribution in [-0.2, 0) is 17.2 Å². The Morgan fingerprint density at radius 3 is 2.85 bits per heavy atom. The highest BCUT2D eigenvalue weighted by molar-refractivity contribution is 9.10. The average Bonchev–Trinajstić information content (AvgIpc) is 2.78. The molecule has 1 aromatic carbocycles. The van der Waals surface area contributed by atoms with Crippen molar-refractivity contribution in [3.05, 3.63) is 28.5 Å². The second-order valence-electron chi connectivity index (χ2n) is 5.05. The van der Waals surface area contributed by atoms with Crippen molar-refractivity contribution in [2.24, 2.45) is 0 Å². The minimum Gasteiger partial charge on any atom is -0.325 e. The van der Waals surface area contributed by atoms with Gasteiger partial charge in [0.05, 0.1) is 11.0 Å². The minimum atomic E-state index is -0.640. The lowest BCUT2D eigenvalue weighted by Gasteiger charge is -2.25. The smallest absolute Gasteiger partial charge is 0.111 e. The van der Waals surface area contributed by atoms with E-state index in [1.54, 1.807) is 0 Å². The summed E-state index contributed by atoms with van der Waals surface area (Å²) in [5, 5.41) is 0. The number of hydrogen-bond donors (Lipinski definition) is 0. The summed E-state index contributed by atoms with van der Waals surface area (Å²) in [6.45, 7) is 0. The fourth-order valence-electron chi connectivity index (χ4n) is 2.82. The molecule has 0 atom stereocenters. The maximum absolute atomic E-state index is 11.6. The topological polar surface area (TPSA) is 34.9 Å². The Labute approximate surface area is 134 Å². The van der Waals surface area contributed by atoms with Gasteiger partial charge in [0, 0.05) is 45.1 Å². The molecule has 108 valence electrons. The lowest BCUT2D eigenvalue weighted by atomic mass is 10.1. The molecule has 1 saturated heterocycles. The normalized spacial score (nSPS) is 23.3. The Bertz CT molecular complexity index is 648. The van der Waals surface area contributed by atoms with E-state index in [9.17, 15) is 4.21 Å². The highest BCUT2D eigenvalue weighted by Crippen LogP contribution is 2.30. The molecular formula is C14H16BrClN2OS. The number of fused-ring (bicyclic) bond motifs is 1. The molecule has 3 nitrogen and oxygen atoms in total. The molecule has 1 aliphatic rings. The van der Waals surface area contributed by atoms with Crippen molar-refractivity contribution in [1.82, 2.24) is 9.55 Å². The summed E-state index contributed by atoms with van der Waals surface area (Å²) in [7, 11) is -0.640. The maximum atomic E-state index is 11.6. The lowest BCUT2D eigenvalue weighted by Crippen LogP contribution is -2.23. The second kappa shape index (κ2) is 6.16. The van der Waals surface area contributed by atoms with Crippen LogP contribution in [0.5, 0.6) is 0 Å². The highest BCUT2D eigenvalue weighted by Gasteiger charge is 2.23. The molecule has 1 fully saturated rings. The van der Waals surface area contributed by atoms with Crippen LogP contribution >= 0.6 is 27.5 Å². The highest BCUT2D eigenvalue weighted by atomic mass is 79.9. The first kappa shape index (κ1) is 14.5. The van der Waals surface area contributed by atoms with Gasteiger partial charge in [0.1, 0.15) is 5.82 Å². The third-order valence-corrected chi connectivity index (χ3v) is 5.83. The van der Waals surface area contributed by atoms with Gasteiger partial charge < -0.3 is 4.57 Å². The van der Waals surface area contributed by atoms with Crippen LogP contribution < -0.4 is 0 Å². The number of hydrogen-bond acceptors (Lipinski definition) is 2. The predicted octanol–water partition coefficient (Wildman–Crippen LogP) is 3.66. The van der Waals surface area contributed by atoms with E-state index in [0.717, 1.165) is 52.1 Å². The molecule has 0 unspecified atom stereocenters. The molecule has 6 heteroatoms. The summed E-state index contributed by atoms with van der Waals surface area (Å²) in [6, 6.07) is 6.56. The first-order chi connectivity index (χ1) is 9.69. The van der Waals surface area contributed by atoms with Gasteiger partial charge in [0.25, 0.3) is 0 Å². The Hall–Kier alpha value is -0.390. The van der Waals surface area contributed by atoms with Gasteiger partial charge in [-0.25, -0.2) is 4.98 Å². The molecule has 0 saturated carbocycles. The van der Waals surface area contributed by atoms with E-state index in [4.69, 9.17) is 16.6 Å². The number of aromatic nitrogens is 2. The summed E-state index contributed by atoms with van der Waals surface area (Å²) >= 11 is 9.45. The fraction of sp³-hybridized carbons (Fsp3) is 0.500. The molecule has 0 radical (unpaired) electrons. The number of nitrogens with zero attached hydrogens (tertiary/aromatic N) is 2. The summed E-state index contributed by atoms with van der Waals surface area (Å²) < 4.78 is 14.9. The minimum absolute atomic E-state index is 0.394. The molecule has 0 spiro atoms. The van der Waals surface area contributed by atoms with Crippen LogP contribution in [-0.4, -0.2) is 31.1 Å². The van der Waals surface area contributed by atoms with Crippen LogP contribution in [0, 0.1) is 0 Å². The third-order valence-electron chi connectivity index (χ3n) is 3.77. The zero-order chi connectivity index (χ0) is 14.1. The Balaban J connectivity index is 2.07. The molecule has 2 heterocycles. The van der Waals surface area contributed by atoms with Crippen molar-refractivity contribution >= 4 is 49.4 Å². The van der Waals surface area contributed by atoms with Gasteiger partial charge in [-0.3, -0.25) is 4.21 Å². The van der Waals surface area contributed by atoms with Crippen LogP contribution in [0.3, 0.4) is 0 Å². The number of alkyl halides is 1. The second-order valence-corrected chi connectivity index (χ2v) is 8.04. The number of aryl methyl sites for hydroxylation is 1. The molecule has 0 N–H and O–H groups in total. The first-order valence-electron chi connectivity index (χ1n) is 6.76. The summed E-state index contributed by atoms with van der Waals surface area (Å²) in [5.74, 6) is 3.20. The molecular weight excluding hydrogens is 360 g/mol. The quantitative estimate of drug-likeness (QED) is 0.767. The molecule has 0 amide bonds. The van der Waals surface area contributed by atoms with Crippen molar-refractivity contribution in [3.63, 3.8) is 0 Å². The van der Waals surface area contributed by atoms with Crippen molar-refractivity contribution in [2.45, 2.75) is 25.3 Å². The van der Waals surface area contributed by atoms with Gasteiger partial charge in [-0.15, -0.1) is 11.6 Å². The summed E-state index contributed by atoms with van der Waals surface area (Å²) in [6.07, 6.45) is 2.69. The number of imidazole rings is 1. The van der Waals surface area contributed by atoms with Crippen LogP contribution in [0.1, 0.15) is 24.7 Å². The van der Waals surface area contributed by atoms with Gasteiger partial charge >= 0.3 is 0 Å². The van der Waals surface area contributed by atoms with Crippen LogP contribution in [0.15, 0.2) is 22.7 Å². The predicted molar refractivity (Wildman–Crippen MR) is 88.0 cm³/mol. The molecule has 20 heavy (non-hydrogen) atoms. The zero-order valence-corrected chi connectivity index (χ0v) is 14.2. The van der Waals surface area contributed by atoms with Crippen LogP contribution in [0.4, 0.5) is 0 Å². The lowest BCUT2D eigenvalue weighted by molar-refractivity contribution is 0.459. The third kappa shape index (κ3) is 2.81. The van der Waals surface area contributed by atoms with E-state index >= 15 is 0 Å². The Morgan fingerprint density at radius 1 is 1.40 bits per heavy atom. The van der Waals surface area contributed by atoms with Crippen molar-refractivity contribution in [3.8, 4) is 0 Å². The SMILES string of the molecule is O=S1CCC(n2c(CCCl)nc3ccc(Br)cc32)CC1. The average molecular weight is 376 g/mol. The molecule has 0 aliphatic carbocycles. The van der Waals surface area contributed by atoms with Crippen LogP contribution in [0.2, 0.25) is 0 Å². The van der Waals surface area contributed by atoms with E-state index < -0.39 is 10.8 Å². The van der Waals surface area contributed by atoms with Gasteiger partial charge in [0.2, 0.25) is 0 Å². The van der Waals surface area contributed by atoms with E-state index in [0.29, 0.717) is 11.9 Å². The summed E-state index contributed by atoms with van der Waals surface area (Å²) in [4.78, 5) is 4.72. The Kier molecular flexibility index (Phi) is 4.48. The molecule has 2 aromatic rings. The standard InChI is InChI=1S/C14H16BrClN2OS/c15-10-1-2-12-13(9-10)18(14(17-12)3-6-16)11-4-7-20(19)8-5-11/h1-2,9,11H,3-8H2. The van der Waals surface area contributed by atoms with Crippen molar-refractivity contribution < 1.29 is 4.21 Å². The maximum Gasteiger partial charge on any atom is 0.111 e. The molecule has 1 aliphatic heterocycles. The molecule has 3 rings (SSSR count). The first-order valence-corrected chi connectivity index (χ1v) is 9.58. The summed E-state index contributed by atoms with van der Waals surface area (Å²) in [5.41, 5.74) is 2.16. The largest absolute Gasteiger partial charge is 0.325 e. The number of benzene rings is 1. The van der Waals surface area contributed by atoms with Crippen molar-refractivity contribution in [1.29, 1.82) is 0 Å². The number of halogens is 2. The Morgan fingerprint density at radius 2 is 2.15 bits per heavy atom. The van der Waals surface area contributed by atoms with Crippen LogP contribution in [0.25, 0.3) is 11.0 Å². The fourth-order valence-corrected chi connectivity index (χ4v) is 4.62. The van der Waals surface area contributed by atoms with Crippen molar-refractivity contribution in [2.75, 3.05) is 17.4 Å². The number of rotatable bonds is 3. The van der Waals surface area contributed by atoms with E-state index in [-0.39, 0.29) is 0 Å². The van der Waals surface area contributed by atoms with E-state index in [1.807, 2.05) is 12.1 Å². The monoisotopic (exact) mass is 374 g/mol. The zero-order valence-electron chi connectivity index (χ0n) is 11.0.